The van der Waals surface area contributed by atoms with Crippen LogP contribution in [0.2, 0.25) is 0 Å². The molecule has 0 N–H and O–H groups in total. The van der Waals surface area contributed by atoms with E-state index in [0.717, 1.165) is 11.8 Å². The topological polar surface area (TPSA) is 23.8 Å². The number of hydrogen-bond acceptors (Lipinski definition) is 1. The molecule has 0 spiro atoms. The Morgan fingerprint density at radius 3 is 2.55 bits per heavy atom. The minimum atomic E-state index is -0.282. The van der Waals surface area contributed by atoms with Crippen LogP contribution in [0, 0.1) is 52.8 Å². The first-order valence-corrected chi connectivity index (χ1v) is 12.3. The lowest BCUT2D eigenvalue weighted by Gasteiger charge is -2.42. The summed E-state index contributed by atoms with van der Waals surface area (Å²) in [6, 6.07) is 2.45. The zero-order valence-electron chi connectivity index (χ0n) is 20.4. The summed E-state index contributed by atoms with van der Waals surface area (Å²) in [5, 5.41) is 9.36. The van der Waals surface area contributed by atoms with Gasteiger partial charge in [-0.3, -0.25) is 0 Å². The highest BCUT2D eigenvalue weighted by Crippen LogP contribution is 2.58. The van der Waals surface area contributed by atoms with Crippen molar-refractivity contribution in [2.75, 3.05) is 0 Å². The van der Waals surface area contributed by atoms with E-state index in [4.69, 9.17) is 0 Å². The summed E-state index contributed by atoms with van der Waals surface area (Å²) in [5.74, 6) is 1.84. The molecule has 0 aliphatic heterocycles. The van der Waals surface area contributed by atoms with Gasteiger partial charge in [0.2, 0.25) is 0 Å². The predicted molar refractivity (Wildman–Crippen MR) is 134 cm³/mol. The molecule has 168 valence electrons. The van der Waals surface area contributed by atoms with E-state index in [1.807, 2.05) is 13.8 Å². The molecule has 0 amide bonds. The van der Waals surface area contributed by atoms with E-state index in [1.165, 1.54) is 75.4 Å². The van der Waals surface area contributed by atoms with Gasteiger partial charge >= 0.3 is 0 Å². The van der Waals surface area contributed by atoms with E-state index in [1.54, 1.807) is 5.57 Å². The van der Waals surface area contributed by atoms with Crippen molar-refractivity contribution >= 4 is 0 Å². The first-order valence-electron chi connectivity index (χ1n) is 12.3. The number of fused-ring (bicyclic) bond motifs is 1. The number of terminal acetylenes is 1. The minimum absolute atomic E-state index is 0.282. The van der Waals surface area contributed by atoms with Crippen LogP contribution >= 0.6 is 0 Å². The normalized spacial score (nSPS) is 32.4. The average molecular weight is 418 g/mol. The molecule has 3 fully saturated rings. The van der Waals surface area contributed by atoms with E-state index in [9.17, 15) is 5.26 Å². The molecule has 31 heavy (non-hydrogen) atoms. The fourth-order valence-electron chi connectivity index (χ4n) is 5.92. The molecule has 3 rings (SSSR count). The van der Waals surface area contributed by atoms with Crippen LogP contribution < -0.4 is 0 Å². The Labute approximate surface area is 192 Å². The first kappa shape index (κ1) is 25.3. The highest BCUT2D eigenvalue weighted by atomic mass is 14.5. The van der Waals surface area contributed by atoms with E-state index in [-0.39, 0.29) is 5.41 Å². The Bertz CT molecular complexity index is 781. The molecular weight excluding hydrogens is 374 g/mol. The summed E-state index contributed by atoms with van der Waals surface area (Å²) in [6.45, 7) is 13.1. The molecule has 4 unspecified atom stereocenters. The number of nitriles is 1. The van der Waals surface area contributed by atoms with Crippen molar-refractivity contribution in [1.29, 1.82) is 5.26 Å². The molecule has 4 atom stereocenters. The van der Waals surface area contributed by atoms with Gasteiger partial charge in [0.05, 0.1) is 11.5 Å². The highest BCUT2D eigenvalue weighted by Gasteiger charge is 2.48. The Morgan fingerprint density at radius 1 is 1.16 bits per heavy atom. The summed E-state index contributed by atoms with van der Waals surface area (Å²) >= 11 is 0. The Morgan fingerprint density at radius 2 is 1.87 bits per heavy atom. The SMILES string of the molecule is C#C.C=C1CCCC/C1=C/C=C1\CCCC2(C)C(C/C=C/C(C)C(C)(C)C#N)CCC12. The molecule has 1 nitrogen and oxygen atoms in total. The third kappa shape index (κ3) is 5.83. The zero-order valence-corrected chi connectivity index (χ0v) is 20.4. The van der Waals surface area contributed by atoms with Gasteiger partial charge in [0.15, 0.2) is 0 Å². The van der Waals surface area contributed by atoms with Crippen LogP contribution in [0.5, 0.6) is 0 Å². The fourth-order valence-corrected chi connectivity index (χ4v) is 5.92. The number of nitrogens with zero attached hydrogens (tertiary/aromatic N) is 1. The number of hydrogen-bond donors (Lipinski definition) is 0. The maximum absolute atomic E-state index is 9.36. The van der Waals surface area contributed by atoms with Crippen LogP contribution in [0.15, 0.2) is 47.6 Å². The van der Waals surface area contributed by atoms with E-state index in [0.29, 0.717) is 11.3 Å². The van der Waals surface area contributed by atoms with E-state index < -0.39 is 0 Å². The molecule has 0 aromatic carbocycles. The molecule has 0 bridgehead atoms. The maximum atomic E-state index is 9.36. The number of rotatable bonds is 5. The van der Waals surface area contributed by atoms with Crippen molar-refractivity contribution in [1.82, 2.24) is 0 Å². The van der Waals surface area contributed by atoms with Crippen LogP contribution in [-0.2, 0) is 0 Å². The van der Waals surface area contributed by atoms with Gasteiger partial charge in [0, 0.05) is 0 Å². The summed E-state index contributed by atoms with van der Waals surface area (Å²) < 4.78 is 0. The van der Waals surface area contributed by atoms with E-state index >= 15 is 0 Å². The second-order valence-electron chi connectivity index (χ2n) is 10.7. The van der Waals surface area contributed by atoms with Gasteiger partial charge in [-0.15, -0.1) is 12.8 Å². The van der Waals surface area contributed by atoms with Crippen molar-refractivity contribution < 1.29 is 0 Å². The standard InChI is InChI=1S/C28H41N.C2H2/c1-21-10-6-7-12-23(21)15-16-24-13-9-19-28(5)25(17-18-26(24)28)14-8-11-22(2)27(3,4)20-29;1-2/h8,11,15-16,22,25-26H,1,6-7,9-10,12-14,17-19H2,2-5H3;1-2H/b11-8+,23-15-,24-16+;. The second-order valence-corrected chi connectivity index (χ2v) is 10.7. The summed E-state index contributed by atoms with van der Waals surface area (Å²) in [5.41, 5.74) is 4.74. The summed E-state index contributed by atoms with van der Waals surface area (Å²) in [6.07, 6.45) is 30.5. The van der Waals surface area contributed by atoms with E-state index in [2.05, 4.69) is 63.6 Å². The predicted octanol–water partition coefficient (Wildman–Crippen LogP) is 8.57. The van der Waals surface area contributed by atoms with Crippen LogP contribution in [-0.4, -0.2) is 0 Å². The first-order chi connectivity index (χ1) is 14.8. The lowest BCUT2D eigenvalue weighted by atomic mass is 9.63. The van der Waals surface area contributed by atoms with Crippen molar-refractivity contribution in [2.24, 2.45) is 28.6 Å². The minimum Gasteiger partial charge on any atom is -0.198 e. The molecule has 3 aliphatic carbocycles. The average Bonchev–Trinajstić information content (AvgIpc) is 3.11. The van der Waals surface area contributed by atoms with Crippen LogP contribution in [0.25, 0.3) is 0 Å². The summed E-state index contributed by atoms with van der Waals surface area (Å²) in [7, 11) is 0. The van der Waals surface area contributed by atoms with Gasteiger partial charge in [0.1, 0.15) is 0 Å². The van der Waals surface area contributed by atoms with Crippen molar-refractivity contribution in [3.8, 4) is 18.9 Å². The zero-order chi connectivity index (χ0) is 23.1. The Balaban J connectivity index is 0.00000166. The van der Waals surface area contributed by atoms with Crippen molar-refractivity contribution in [3.63, 3.8) is 0 Å². The van der Waals surface area contributed by atoms with Crippen LogP contribution in [0.1, 0.15) is 91.9 Å². The molecule has 0 heterocycles. The quantitative estimate of drug-likeness (QED) is 0.324. The second kappa shape index (κ2) is 11.0. The van der Waals surface area contributed by atoms with Crippen molar-refractivity contribution in [2.45, 2.75) is 91.9 Å². The van der Waals surface area contributed by atoms with Crippen LogP contribution in [0.4, 0.5) is 0 Å². The number of allylic oxidation sites excluding steroid dienone is 7. The monoisotopic (exact) mass is 417 g/mol. The fraction of sp³-hybridized carbons (Fsp3) is 0.633. The summed E-state index contributed by atoms with van der Waals surface area (Å²) in [4.78, 5) is 0. The largest absolute Gasteiger partial charge is 0.198 e. The Hall–Kier alpha value is -1.99. The molecular formula is C30H43N. The third-order valence-electron chi connectivity index (χ3n) is 8.56. The van der Waals surface area contributed by atoms with Gasteiger partial charge < -0.3 is 0 Å². The Kier molecular flexibility index (Phi) is 9.01. The van der Waals surface area contributed by atoms with Gasteiger partial charge in [-0.1, -0.05) is 55.9 Å². The molecule has 3 saturated carbocycles. The third-order valence-corrected chi connectivity index (χ3v) is 8.56. The molecule has 0 saturated heterocycles. The lowest BCUT2D eigenvalue weighted by molar-refractivity contribution is 0.137. The maximum Gasteiger partial charge on any atom is 0.0690 e. The highest BCUT2D eigenvalue weighted by molar-refractivity contribution is 5.35. The molecule has 0 radical (unpaired) electrons. The molecule has 1 heteroatoms. The lowest BCUT2D eigenvalue weighted by Crippen LogP contribution is -2.33. The van der Waals surface area contributed by atoms with Gasteiger partial charge in [0.25, 0.3) is 0 Å². The molecule has 3 aliphatic rings. The molecule has 0 aromatic heterocycles. The van der Waals surface area contributed by atoms with Gasteiger partial charge in [-0.05, 0) is 107 Å². The van der Waals surface area contributed by atoms with Gasteiger partial charge in [-0.25, -0.2) is 0 Å². The van der Waals surface area contributed by atoms with Gasteiger partial charge in [-0.2, -0.15) is 5.26 Å². The smallest absolute Gasteiger partial charge is 0.0690 e. The molecule has 0 aromatic rings. The van der Waals surface area contributed by atoms with Crippen molar-refractivity contribution in [3.05, 3.63) is 47.6 Å². The van der Waals surface area contributed by atoms with Crippen LogP contribution in [0.3, 0.4) is 0 Å².